The summed E-state index contributed by atoms with van der Waals surface area (Å²) in [6.45, 7) is 0. The number of aromatic nitrogens is 1. The van der Waals surface area contributed by atoms with Gasteiger partial charge < -0.3 is 9.63 Å². The Bertz CT molecular complexity index is 373. The van der Waals surface area contributed by atoms with E-state index in [4.69, 9.17) is 9.63 Å². The van der Waals surface area contributed by atoms with Crippen molar-refractivity contribution in [3.63, 3.8) is 0 Å². The second-order valence-electron chi connectivity index (χ2n) is 3.44. The molecule has 1 N–H and O–H groups in total. The minimum atomic E-state index is -1.04. The maximum atomic E-state index is 10.9. The number of thioether (sulfide) groups is 1. The smallest absolute Gasteiger partial charge is 0.375 e. The summed E-state index contributed by atoms with van der Waals surface area (Å²) in [4.78, 5) is 10.9. The highest BCUT2D eigenvalue weighted by atomic mass is 79.9. The van der Waals surface area contributed by atoms with Crippen molar-refractivity contribution in [1.82, 2.24) is 5.16 Å². The molecule has 1 aromatic heterocycles. The molecule has 0 spiro atoms. The van der Waals surface area contributed by atoms with Gasteiger partial charge in [-0.05, 0) is 40.4 Å². The molecule has 1 fully saturated rings. The van der Waals surface area contributed by atoms with Crippen molar-refractivity contribution in [3.05, 3.63) is 15.9 Å². The number of aromatic carboxylic acids is 1. The Morgan fingerprint density at radius 1 is 1.67 bits per heavy atom. The Kier molecular flexibility index (Phi) is 3.35. The molecule has 1 aromatic rings. The van der Waals surface area contributed by atoms with E-state index < -0.39 is 5.97 Å². The maximum absolute atomic E-state index is 10.9. The molecule has 15 heavy (non-hydrogen) atoms. The van der Waals surface area contributed by atoms with Gasteiger partial charge in [0.2, 0.25) is 5.76 Å². The summed E-state index contributed by atoms with van der Waals surface area (Å²) in [5, 5.41) is 12.6. The van der Waals surface area contributed by atoms with Crippen molar-refractivity contribution in [2.45, 2.75) is 18.8 Å². The molecule has 1 saturated heterocycles. The van der Waals surface area contributed by atoms with E-state index in [2.05, 4.69) is 21.1 Å². The Morgan fingerprint density at radius 3 is 3.07 bits per heavy atom. The lowest BCUT2D eigenvalue weighted by Gasteiger charge is -2.20. The van der Waals surface area contributed by atoms with Crippen molar-refractivity contribution in [3.8, 4) is 0 Å². The quantitative estimate of drug-likeness (QED) is 0.908. The molecule has 0 bridgehead atoms. The predicted octanol–water partition coefficient (Wildman–Crippen LogP) is 2.75. The SMILES string of the molecule is O=C(O)c1onc(Br)c1C1CCCSC1. The number of hydrogen-bond donors (Lipinski definition) is 1. The number of rotatable bonds is 2. The largest absolute Gasteiger partial charge is 0.475 e. The number of halogens is 1. The molecule has 82 valence electrons. The molecular formula is C9H10BrNO3S. The molecule has 2 rings (SSSR count). The van der Waals surface area contributed by atoms with Crippen LogP contribution in [-0.4, -0.2) is 27.7 Å². The van der Waals surface area contributed by atoms with Gasteiger partial charge in [-0.25, -0.2) is 4.79 Å². The Labute approximate surface area is 99.5 Å². The van der Waals surface area contributed by atoms with Crippen LogP contribution < -0.4 is 0 Å². The minimum absolute atomic E-state index is 0.0191. The summed E-state index contributed by atoms with van der Waals surface area (Å²) in [7, 11) is 0. The van der Waals surface area contributed by atoms with Crippen LogP contribution in [0.2, 0.25) is 0 Å². The summed E-state index contributed by atoms with van der Waals surface area (Å²) in [6, 6.07) is 0. The zero-order valence-electron chi connectivity index (χ0n) is 7.90. The molecule has 0 aliphatic carbocycles. The highest BCUT2D eigenvalue weighted by Gasteiger charge is 2.28. The molecule has 1 aliphatic rings. The van der Waals surface area contributed by atoms with Crippen molar-refractivity contribution >= 4 is 33.7 Å². The van der Waals surface area contributed by atoms with Gasteiger partial charge in [0.15, 0.2) is 4.60 Å². The first-order chi connectivity index (χ1) is 7.20. The van der Waals surface area contributed by atoms with Gasteiger partial charge in [0, 0.05) is 11.3 Å². The molecule has 6 heteroatoms. The molecule has 0 amide bonds. The number of carboxylic acids is 1. The van der Waals surface area contributed by atoms with Crippen molar-refractivity contribution in [1.29, 1.82) is 0 Å². The minimum Gasteiger partial charge on any atom is -0.475 e. The molecule has 1 unspecified atom stereocenters. The first kappa shape index (κ1) is 11.0. The summed E-state index contributed by atoms with van der Waals surface area (Å²) in [5.41, 5.74) is 0.717. The van der Waals surface area contributed by atoms with E-state index in [9.17, 15) is 4.79 Å². The molecule has 1 aliphatic heterocycles. The number of carbonyl (C=O) groups is 1. The van der Waals surface area contributed by atoms with E-state index in [1.165, 1.54) is 0 Å². The van der Waals surface area contributed by atoms with Crippen LogP contribution in [0.25, 0.3) is 0 Å². The highest BCUT2D eigenvalue weighted by Crippen LogP contribution is 2.36. The van der Waals surface area contributed by atoms with E-state index >= 15 is 0 Å². The fourth-order valence-electron chi connectivity index (χ4n) is 1.75. The Balaban J connectivity index is 2.32. The fraction of sp³-hybridized carbons (Fsp3) is 0.556. The van der Waals surface area contributed by atoms with Crippen LogP contribution >= 0.6 is 27.7 Å². The summed E-state index contributed by atoms with van der Waals surface area (Å²) >= 11 is 5.09. The summed E-state index contributed by atoms with van der Waals surface area (Å²) in [5.74, 6) is 1.28. The lowest BCUT2D eigenvalue weighted by atomic mass is 9.97. The molecule has 0 radical (unpaired) electrons. The third-order valence-corrected chi connectivity index (χ3v) is 4.23. The average Bonchev–Trinajstić information content (AvgIpc) is 2.61. The molecule has 0 saturated carbocycles. The maximum Gasteiger partial charge on any atom is 0.375 e. The van der Waals surface area contributed by atoms with Gasteiger partial charge in [-0.2, -0.15) is 11.8 Å². The first-order valence-corrected chi connectivity index (χ1v) is 6.61. The lowest BCUT2D eigenvalue weighted by Crippen LogP contribution is -2.12. The highest BCUT2D eigenvalue weighted by molar-refractivity contribution is 9.10. The summed E-state index contributed by atoms with van der Waals surface area (Å²) < 4.78 is 5.34. The molecule has 2 heterocycles. The van der Waals surface area contributed by atoms with Crippen LogP contribution in [0.3, 0.4) is 0 Å². The van der Waals surface area contributed by atoms with Crippen molar-refractivity contribution in [2.24, 2.45) is 0 Å². The Morgan fingerprint density at radius 2 is 2.47 bits per heavy atom. The lowest BCUT2D eigenvalue weighted by molar-refractivity contribution is 0.0649. The third-order valence-electron chi connectivity index (χ3n) is 2.45. The van der Waals surface area contributed by atoms with Crippen LogP contribution in [0.5, 0.6) is 0 Å². The number of carboxylic acid groups (broad SMARTS) is 1. The molecule has 4 nitrogen and oxygen atoms in total. The second kappa shape index (κ2) is 4.57. The van der Waals surface area contributed by atoms with Crippen molar-refractivity contribution < 1.29 is 14.4 Å². The van der Waals surface area contributed by atoms with E-state index in [1.807, 2.05) is 11.8 Å². The molecule has 0 aromatic carbocycles. The van der Waals surface area contributed by atoms with Crippen LogP contribution in [0.1, 0.15) is 34.9 Å². The van der Waals surface area contributed by atoms with Crippen LogP contribution in [-0.2, 0) is 0 Å². The van der Waals surface area contributed by atoms with Gasteiger partial charge in [0.1, 0.15) is 0 Å². The molecular weight excluding hydrogens is 282 g/mol. The average molecular weight is 292 g/mol. The van der Waals surface area contributed by atoms with Gasteiger partial charge in [-0.15, -0.1) is 0 Å². The van der Waals surface area contributed by atoms with Crippen LogP contribution in [0.4, 0.5) is 0 Å². The third kappa shape index (κ3) is 2.20. The zero-order valence-corrected chi connectivity index (χ0v) is 10.3. The van der Waals surface area contributed by atoms with E-state index in [0.29, 0.717) is 4.60 Å². The van der Waals surface area contributed by atoms with Crippen molar-refractivity contribution in [2.75, 3.05) is 11.5 Å². The van der Waals surface area contributed by atoms with Crippen LogP contribution in [0, 0.1) is 0 Å². The van der Waals surface area contributed by atoms with Gasteiger partial charge in [-0.3, -0.25) is 0 Å². The standard InChI is InChI=1S/C9H10BrNO3S/c10-8-6(5-2-1-3-15-4-5)7(9(12)13)14-11-8/h5H,1-4H2,(H,12,13). The van der Waals surface area contributed by atoms with Gasteiger partial charge >= 0.3 is 5.97 Å². The summed E-state index contributed by atoms with van der Waals surface area (Å²) in [6.07, 6.45) is 2.12. The Hall–Kier alpha value is -0.490. The van der Waals surface area contributed by atoms with E-state index in [1.54, 1.807) is 0 Å². The monoisotopic (exact) mass is 291 g/mol. The number of hydrogen-bond acceptors (Lipinski definition) is 4. The van der Waals surface area contributed by atoms with Gasteiger partial charge in [0.05, 0.1) is 0 Å². The normalized spacial score (nSPS) is 21.5. The second-order valence-corrected chi connectivity index (χ2v) is 5.34. The van der Waals surface area contributed by atoms with Gasteiger partial charge in [-0.1, -0.05) is 5.16 Å². The fourth-order valence-corrected chi connectivity index (χ4v) is 3.49. The van der Waals surface area contributed by atoms with E-state index in [-0.39, 0.29) is 11.7 Å². The first-order valence-electron chi connectivity index (χ1n) is 4.66. The van der Waals surface area contributed by atoms with Gasteiger partial charge in [0.25, 0.3) is 0 Å². The zero-order chi connectivity index (χ0) is 10.8. The molecule has 1 atom stereocenters. The van der Waals surface area contributed by atoms with Crippen LogP contribution in [0.15, 0.2) is 9.13 Å². The van der Waals surface area contributed by atoms with E-state index in [0.717, 1.165) is 29.9 Å². The predicted molar refractivity (Wildman–Crippen MR) is 60.5 cm³/mol. The topological polar surface area (TPSA) is 63.3 Å². The number of nitrogens with zero attached hydrogens (tertiary/aromatic N) is 1.